The molecule has 18 atom stereocenters. The van der Waals surface area contributed by atoms with Crippen LogP contribution >= 0.6 is 7.82 Å². The van der Waals surface area contributed by atoms with Crippen molar-refractivity contribution >= 4 is 25.7 Å². The molecule has 0 bridgehead atoms. The SMILES string of the molecule is CCCCCC/C=C\CCCCCCCCCC(=O)OCC1OC(OC2C(O)C(O)C(O)C(OC3OC(CO)C(O)C(O)C3O)C2OP(=O)(O)OCC(COC(=O)CCCCCCCCCCCCCCCCC)OC(=O)CCCCCCCCCCCCCCCCCC)C(O)C(O)C1O. The number of carbonyl (C=O) groups excluding carboxylic acids is 3. The number of hydrogen-bond donors (Lipinski definition) is 11. The van der Waals surface area contributed by atoms with Gasteiger partial charge in [-0.2, -0.15) is 0 Å². The van der Waals surface area contributed by atoms with Crippen LogP contribution in [0.2, 0.25) is 0 Å². The number of unbranched alkanes of at least 4 members (excludes halogenated alkanes) is 40. The summed E-state index contributed by atoms with van der Waals surface area (Å²) in [5.41, 5.74) is 0. The van der Waals surface area contributed by atoms with Crippen LogP contribution in [0.4, 0.5) is 0 Å². The Balaban J connectivity index is 1.71. The van der Waals surface area contributed by atoms with Gasteiger partial charge in [0.25, 0.3) is 0 Å². The lowest BCUT2D eigenvalue weighted by Crippen LogP contribution is -2.69. The molecule has 11 N–H and O–H groups in total. The number of allylic oxidation sites excluding steroid dienone is 2. The summed E-state index contributed by atoms with van der Waals surface area (Å²) in [7, 11) is -5.70. The second-order valence-corrected chi connectivity index (χ2v) is 30.2. The Bertz CT molecular complexity index is 2130. The summed E-state index contributed by atoms with van der Waals surface area (Å²) < 4.78 is 65.2. The van der Waals surface area contributed by atoms with Crippen LogP contribution in [0.15, 0.2) is 12.2 Å². The van der Waals surface area contributed by atoms with Crippen LogP contribution < -0.4 is 0 Å². The molecule has 101 heavy (non-hydrogen) atoms. The smallest absolute Gasteiger partial charge is 0.463 e. The highest BCUT2D eigenvalue weighted by Gasteiger charge is 2.58. The highest BCUT2D eigenvalue weighted by Crippen LogP contribution is 2.49. The monoisotopic (exact) mass is 1470 g/mol. The Kier molecular flexibility index (Phi) is 53.2. The molecule has 1 saturated carbocycles. The Morgan fingerprint density at radius 3 is 1.08 bits per heavy atom. The molecule has 2 saturated heterocycles. The largest absolute Gasteiger partial charge is 0.472 e. The summed E-state index contributed by atoms with van der Waals surface area (Å²) in [4.78, 5) is 51.1. The fourth-order valence-corrected chi connectivity index (χ4v) is 14.2. The van der Waals surface area contributed by atoms with Crippen molar-refractivity contribution in [3.63, 3.8) is 0 Å². The summed E-state index contributed by atoms with van der Waals surface area (Å²) in [5.74, 6) is -1.98. The fourth-order valence-electron chi connectivity index (χ4n) is 13.3. The Morgan fingerprint density at radius 1 is 0.376 bits per heavy atom. The first-order valence-electron chi connectivity index (χ1n) is 40.0. The van der Waals surface area contributed by atoms with Crippen LogP contribution in [0.1, 0.15) is 323 Å². The lowest BCUT2D eigenvalue weighted by molar-refractivity contribution is -0.360. The molecule has 3 aliphatic rings. The highest BCUT2D eigenvalue weighted by atomic mass is 31.2. The van der Waals surface area contributed by atoms with Gasteiger partial charge in [-0.15, -0.1) is 0 Å². The van der Waals surface area contributed by atoms with Crippen LogP contribution in [0.3, 0.4) is 0 Å². The van der Waals surface area contributed by atoms with Gasteiger partial charge in [-0.05, 0) is 44.9 Å². The van der Waals surface area contributed by atoms with Gasteiger partial charge in [0.15, 0.2) is 18.7 Å². The zero-order valence-corrected chi connectivity index (χ0v) is 63.1. The van der Waals surface area contributed by atoms with E-state index in [4.69, 9.17) is 42.2 Å². The molecule has 18 unspecified atom stereocenters. The molecule has 0 aromatic carbocycles. The minimum Gasteiger partial charge on any atom is -0.463 e. The van der Waals surface area contributed by atoms with E-state index in [-0.39, 0.29) is 19.3 Å². The molecule has 2 aliphatic heterocycles. The van der Waals surface area contributed by atoms with E-state index in [0.29, 0.717) is 19.3 Å². The predicted molar refractivity (Wildman–Crippen MR) is 384 cm³/mol. The van der Waals surface area contributed by atoms with Crippen LogP contribution in [0.25, 0.3) is 0 Å². The van der Waals surface area contributed by atoms with Crippen molar-refractivity contribution in [2.75, 3.05) is 26.4 Å². The lowest BCUT2D eigenvalue weighted by Gasteiger charge is -2.49. The molecule has 0 amide bonds. The number of aliphatic hydroxyl groups excluding tert-OH is 10. The van der Waals surface area contributed by atoms with Crippen molar-refractivity contribution < 1.29 is 117 Å². The standard InChI is InChI=1S/C76H141O24P/c1-4-7-10-13-16-19-22-25-28-31-34-37-40-43-46-49-52-62(80)95-57(54-92-60(78)50-47-44-41-38-35-32-29-26-23-20-17-14-11-8-5-2)55-94-101(90,91)100-74-72(98-75-70(88)65(83)63(81)58(53-77)96-75)68(86)67(85)69(87)73(74)99-76-71(89)66(84)64(82)59(97-76)56-93-61(79)51-48-45-42-39-36-33-30-27-24-21-18-15-12-9-6-3/h21,24,57-59,63-77,81-89H,4-20,22-23,25-56H2,1-3H3,(H,90,91)/b24-21-. The fraction of sp³-hybridized carbons (Fsp3) is 0.934. The van der Waals surface area contributed by atoms with E-state index >= 15 is 0 Å². The van der Waals surface area contributed by atoms with E-state index in [0.717, 1.165) is 109 Å². The van der Waals surface area contributed by atoms with Gasteiger partial charge >= 0.3 is 25.7 Å². The molecule has 24 nitrogen and oxygen atoms in total. The number of ether oxygens (including phenoxy) is 7. The third-order valence-electron chi connectivity index (χ3n) is 19.8. The van der Waals surface area contributed by atoms with E-state index in [1.165, 1.54) is 154 Å². The molecule has 0 aromatic heterocycles. The van der Waals surface area contributed by atoms with Gasteiger partial charge in [0, 0.05) is 19.3 Å². The third-order valence-corrected chi connectivity index (χ3v) is 20.8. The number of carbonyl (C=O) groups is 3. The summed E-state index contributed by atoms with van der Waals surface area (Å²) in [6.07, 6.45) is 18.2. The Hall–Kier alpha value is -2.30. The van der Waals surface area contributed by atoms with Gasteiger partial charge in [0.1, 0.15) is 98.7 Å². The molecule has 0 radical (unpaired) electrons. The second-order valence-electron chi connectivity index (χ2n) is 28.8. The normalized spacial score (nSPS) is 27.2. The summed E-state index contributed by atoms with van der Waals surface area (Å²) >= 11 is 0. The molecular formula is C76H141O24P. The molecule has 25 heteroatoms. The number of phosphoric ester groups is 1. The number of esters is 3. The van der Waals surface area contributed by atoms with E-state index < -0.39 is 156 Å². The molecule has 3 rings (SSSR count). The highest BCUT2D eigenvalue weighted by molar-refractivity contribution is 7.47. The number of aliphatic hydroxyl groups is 10. The quantitative estimate of drug-likeness (QED) is 0.00886. The van der Waals surface area contributed by atoms with E-state index in [2.05, 4.69) is 32.9 Å². The first kappa shape index (κ1) is 92.9. The molecule has 2 heterocycles. The van der Waals surface area contributed by atoms with Crippen LogP contribution in [0, 0.1) is 0 Å². The lowest BCUT2D eigenvalue weighted by atomic mass is 9.84. The van der Waals surface area contributed by atoms with Crippen molar-refractivity contribution in [2.45, 2.75) is 427 Å². The topological polar surface area (TPSA) is 374 Å². The second kappa shape index (κ2) is 57.8. The maximum absolute atomic E-state index is 14.4. The average molecular weight is 1470 g/mol. The molecule has 594 valence electrons. The molecular weight excluding hydrogens is 1330 g/mol. The van der Waals surface area contributed by atoms with E-state index in [1.54, 1.807) is 0 Å². The van der Waals surface area contributed by atoms with Crippen LogP contribution in [-0.2, 0) is 61.2 Å². The van der Waals surface area contributed by atoms with Crippen molar-refractivity contribution in [3.8, 4) is 0 Å². The number of phosphoric acid groups is 1. The van der Waals surface area contributed by atoms with Gasteiger partial charge in [-0.1, -0.05) is 270 Å². The minimum atomic E-state index is -5.70. The van der Waals surface area contributed by atoms with E-state index in [9.17, 15) is 74.9 Å². The van der Waals surface area contributed by atoms with Gasteiger partial charge in [0.05, 0.1) is 13.2 Å². The molecule has 0 aromatic rings. The zero-order chi connectivity index (χ0) is 73.9. The van der Waals surface area contributed by atoms with Crippen LogP contribution in [0.5, 0.6) is 0 Å². The van der Waals surface area contributed by atoms with Crippen molar-refractivity contribution in [1.82, 2.24) is 0 Å². The van der Waals surface area contributed by atoms with Crippen molar-refractivity contribution in [1.29, 1.82) is 0 Å². The first-order chi connectivity index (χ1) is 48.8. The molecule has 1 aliphatic carbocycles. The van der Waals surface area contributed by atoms with Gasteiger partial charge in [0.2, 0.25) is 0 Å². The summed E-state index contributed by atoms with van der Waals surface area (Å²) in [5, 5.41) is 110. The van der Waals surface area contributed by atoms with Gasteiger partial charge < -0.3 is 89.1 Å². The first-order valence-corrected chi connectivity index (χ1v) is 41.5. The number of hydrogen-bond acceptors (Lipinski definition) is 23. The van der Waals surface area contributed by atoms with E-state index in [1.807, 2.05) is 0 Å². The Labute approximate surface area is 605 Å². The van der Waals surface area contributed by atoms with Gasteiger partial charge in [-0.3, -0.25) is 23.4 Å². The maximum Gasteiger partial charge on any atom is 0.472 e. The summed E-state index contributed by atoms with van der Waals surface area (Å²) in [6.45, 7) is 3.48. The van der Waals surface area contributed by atoms with Crippen molar-refractivity contribution in [3.05, 3.63) is 12.2 Å². The maximum atomic E-state index is 14.4. The number of rotatable bonds is 63. The molecule has 0 spiro atoms. The molecule has 3 fully saturated rings. The van der Waals surface area contributed by atoms with Gasteiger partial charge in [-0.25, -0.2) is 4.57 Å². The van der Waals surface area contributed by atoms with Crippen molar-refractivity contribution in [2.24, 2.45) is 0 Å². The predicted octanol–water partition coefficient (Wildman–Crippen LogP) is 11.9. The zero-order valence-electron chi connectivity index (χ0n) is 62.2. The minimum absolute atomic E-state index is 0.0249. The summed E-state index contributed by atoms with van der Waals surface area (Å²) in [6, 6.07) is 0. The van der Waals surface area contributed by atoms with Crippen LogP contribution in [-0.4, -0.2) is 204 Å². The Morgan fingerprint density at radius 2 is 0.693 bits per heavy atom. The average Bonchev–Trinajstić information content (AvgIpc) is 0.765. The third kappa shape index (κ3) is 40.5.